The van der Waals surface area contributed by atoms with Crippen LogP contribution in [-0.2, 0) is 5.41 Å². The van der Waals surface area contributed by atoms with Crippen molar-refractivity contribution in [2.75, 3.05) is 0 Å². The first kappa shape index (κ1) is 21.8. The number of hydrogen-bond acceptors (Lipinski definition) is 1. The first-order valence-corrected chi connectivity index (χ1v) is 14.5. The normalized spacial score (nSPS) is 17.3. The molecule has 8 rings (SSSR count). The second-order valence-electron chi connectivity index (χ2n) is 11.8. The SMILES string of the molecule is [2H]C([2H])([2H])C1(C)c2ccc(C)cc2Oc2c1ccc(C)c2-c1ccc2c(c1)-c1ccccc1-c1ccccc1-c1ccccc1-2. The van der Waals surface area contributed by atoms with E-state index in [-0.39, 0.29) is 0 Å². The molecule has 0 bridgehead atoms. The highest BCUT2D eigenvalue weighted by Gasteiger charge is 2.36. The fourth-order valence-electron chi connectivity index (χ4n) is 6.94. The average Bonchev–Trinajstić information content (AvgIpc) is 3.03. The summed E-state index contributed by atoms with van der Waals surface area (Å²) in [5.41, 5.74) is 13.6. The van der Waals surface area contributed by atoms with Crippen molar-refractivity contribution in [3.63, 3.8) is 0 Å². The summed E-state index contributed by atoms with van der Waals surface area (Å²) in [4.78, 5) is 0. The van der Waals surface area contributed by atoms with Crippen molar-refractivity contribution < 1.29 is 8.85 Å². The third kappa shape index (κ3) is 3.56. The topological polar surface area (TPSA) is 9.23 Å². The number of hydrogen-bond donors (Lipinski definition) is 0. The Labute approximate surface area is 252 Å². The molecule has 0 aromatic heterocycles. The van der Waals surface area contributed by atoms with Crippen LogP contribution in [0.3, 0.4) is 0 Å². The molecule has 1 nitrogen and oxygen atoms in total. The lowest BCUT2D eigenvalue weighted by Crippen LogP contribution is -2.25. The summed E-state index contributed by atoms with van der Waals surface area (Å²) in [5, 5.41) is 0. The van der Waals surface area contributed by atoms with E-state index in [2.05, 4.69) is 97.9 Å². The molecule has 0 spiro atoms. The molecule has 1 heteroatoms. The van der Waals surface area contributed by atoms with Crippen molar-refractivity contribution in [2.24, 2.45) is 0 Å². The van der Waals surface area contributed by atoms with E-state index in [1.807, 2.05) is 44.2 Å². The number of rotatable bonds is 1. The van der Waals surface area contributed by atoms with Crippen molar-refractivity contribution in [1.29, 1.82) is 0 Å². The first-order valence-electron chi connectivity index (χ1n) is 16.0. The van der Waals surface area contributed by atoms with Crippen LogP contribution in [0.2, 0.25) is 0 Å². The minimum atomic E-state index is -2.29. The number of ether oxygens (including phenoxy) is 1. The van der Waals surface area contributed by atoms with Gasteiger partial charge in [0, 0.05) is 26.2 Å². The molecule has 1 aliphatic heterocycles. The average molecular weight is 544 g/mol. The minimum Gasteiger partial charge on any atom is -0.456 e. The molecule has 42 heavy (non-hydrogen) atoms. The molecule has 1 heterocycles. The van der Waals surface area contributed by atoms with Gasteiger partial charge in [-0.3, -0.25) is 0 Å². The Hall–Kier alpha value is -4.88. The summed E-state index contributed by atoms with van der Waals surface area (Å²) < 4.78 is 32.9. The zero-order chi connectivity index (χ0) is 31.1. The van der Waals surface area contributed by atoms with Crippen LogP contribution in [0.25, 0.3) is 55.6 Å². The summed E-state index contributed by atoms with van der Waals surface area (Å²) in [6.45, 7) is 3.63. The smallest absolute Gasteiger partial charge is 0.139 e. The van der Waals surface area contributed by atoms with Gasteiger partial charge in [0.1, 0.15) is 11.5 Å². The fraction of sp³-hybridized carbons (Fsp3) is 0.122. The van der Waals surface area contributed by atoms with E-state index in [1.165, 1.54) is 27.8 Å². The predicted octanol–water partition coefficient (Wildman–Crippen LogP) is 11.4. The Balaban J connectivity index is 1.42. The quantitative estimate of drug-likeness (QED) is 0.200. The molecule has 202 valence electrons. The molecule has 0 N–H and O–H groups in total. The van der Waals surface area contributed by atoms with E-state index >= 15 is 0 Å². The molecule has 1 unspecified atom stereocenters. The minimum absolute atomic E-state index is 0.607. The fourth-order valence-corrected chi connectivity index (χ4v) is 6.94. The van der Waals surface area contributed by atoms with Gasteiger partial charge in [0.15, 0.2) is 0 Å². The van der Waals surface area contributed by atoms with Crippen molar-refractivity contribution in [3.05, 3.63) is 144 Å². The molecule has 6 aromatic carbocycles. The van der Waals surface area contributed by atoms with Gasteiger partial charge in [0.25, 0.3) is 0 Å². The summed E-state index contributed by atoms with van der Waals surface area (Å²) >= 11 is 0. The summed E-state index contributed by atoms with van der Waals surface area (Å²) in [6.07, 6.45) is 0. The summed E-state index contributed by atoms with van der Waals surface area (Å²) in [6, 6.07) is 42.4. The zero-order valence-corrected chi connectivity index (χ0v) is 24.0. The Morgan fingerprint density at radius 2 is 1.07 bits per heavy atom. The van der Waals surface area contributed by atoms with Crippen LogP contribution < -0.4 is 4.74 Å². The maximum atomic E-state index is 8.72. The molecule has 1 atom stereocenters. The van der Waals surface area contributed by atoms with Gasteiger partial charge >= 0.3 is 0 Å². The molecule has 6 aromatic rings. The van der Waals surface area contributed by atoms with Gasteiger partial charge in [-0.15, -0.1) is 0 Å². The van der Waals surface area contributed by atoms with Crippen molar-refractivity contribution in [3.8, 4) is 67.1 Å². The molecule has 2 aliphatic rings. The highest BCUT2D eigenvalue weighted by Crippen LogP contribution is 2.54. The lowest BCUT2D eigenvalue weighted by molar-refractivity contribution is 0.419. The Morgan fingerprint density at radius 1 is 0.548 bits per heavy atom. The van der Waals surface area contributed by atoms with Crippen LogP contribution in [0.15, 0.2) is 121 Å². The largest absolute Gasteiger partial charge is 0.456 e. The van der Waals surface area contributed by atoms with Crippen LogP contribution in [0.4, 0.5) is 0 Å². The van der Waals surface area contributed by atoms with Gasteiger partial charge in [0.2, 0.25) is 0 Å². The number of aryl methyl sites for hydroxylation is 2. The molecular weight excluding hydrogens is 508 g/mol. The van der Waals surface area contributed by atoms with Gasteiger partial charge in [0.05, 0.1) is 0 Å². The molecule has 1 aliphatic carbocycles. The van der Waals surface area contributed by atoms with Gasteiger partial charge in [-0.1, -0.05) is 123 Å². The van der Waals surface area contributed by atoms with Gasteiger partial charge < -0.3 is 4.74 Å². The van der Waals surface area contributed by atoms with Crippen molar-refractivity contribution in [1.82, 2.24) is 0 Å². The van der Waals surface area contributed by atoms with Crippen LogP contribution in [-0.4, -0.2) is 0 Å². The highest BCUT2D eigenvalue weighted by atomic mass is 16.5. The summed E-state index contributed by atoms with van der Waals surface area (Å²) in [7, 11) is 0. The van der Waals surface area contributed by atoms with E-state index in [1.54, 1.807) is 0 Å². The van der Waals surface area contributed by atoms with E-state index < -0.39 is 12.3 Å². The second kappa shape index (κ2) is 9.06. The van der Waals surface area contributed by atoms with Crippen LogP contribution in [0.5, 0.6) is 11.5 Å². The zero-order valence-electron chi connectivity index (χ0n) is 27.0. The Kier molecular flexibility index (Phi) is 4.71. The van der Waals surface area contributed by atoms with Crippen LogP contribution in [0.1, 0.15) is 40.1 Å². The Morgan fingerprint density at radius 3 is 1.64 bits per heavy atom. The maximum absolute atomic E-state index is 8.72. The van der Waals surface area contributed by atoms with E-state index in [4.69, 9.17) is 8.85 Å². The van der Waals surface area contributed by atoms with Gasteiger partial charge in [-0.05, 0) is 87.2 Å². The standard InChI is InChI=1S/C41H32O/c1-25-17-21-36-38(23-25)42-40-37(41(36,3)4)22-18-26(2)39(40)27-19-20-34-32-15-8-7-13-30(32)28-11-5-6-12-29(28)31-14-9-10-16-33(31)35(34)24-27/h5-24H,1-4H3/i3D3. The molecule has 0 fully saturated rings. The molecule has 0 saturated carbocycles. The third-order valence-electron chi connectivity index (χ3n) is 9.04. The molecule has 0 radical (unpaired) electrons. The van der Waals surface area contributed by atoms with E-state index in [0.29, 0.717) is 22.6 Å². The summed E-state index contributed by atoms with van der Waals surface area (Å²) in [5.74, 6) is 1.23. The number of benzene rings is 6. The first-order chi connectivity index (χ1) is 21.7. The monoisotopic (exact) mass is 543 g/mol. The third-order valence-corrected chi connectivity index (χ3v) is 9.04. The van der Waals surface area contributed by atoms with Crippen LogP contribution in [0, 0.1) is 13.8 Å². The highest BCUT2D eigenvalue weighted by molar-refractivity contribution is 6.04. The molecule has 0 amide bonds. The van der Waals surface area contributed by atoms with Crippen LogP contribution >= 0.6 is 0 Å². The Bertz CT molecular complexity index is 2170. The predicted molar refractivity (Wildman–Crippen MR) is 175 cm³/mol. The van der Waals surface area contributed by atoms with E-state index in [0.717, 1.165) is 38.9 Å². The molecule has 0 saturated heterocycles. The van der Waals surface area contributed by atoms with Gasteiger partial charge in [-0.2, -0.15) is 0 Å². The maximum Gasteiger partial charge on any atom is 0.139 e. The number of fused-ring (bicyclic) bond motifs is 10. The molecular formula is C41H32O. The lowest BCUT2D eigenvalue weighted by atomic mass is 9.74. The van der Waals surface area contributed by atoms with Crippen molar-refractivity contribution >= 4 is 0 Å². The van der Waals surface area contributed by atoms with Crippen molar-refractivity contribution in [2.45, 2.75) is 33.0 Å². The van der Waals surface area contributed by atoms with Gasteiger partial charge in [-0.25, -0.2) is 0 Å². The second-order valence-corrected chi connectivity index (χ2v) is 11.8. The lowest BCUT2D eigenvalue weighted by Gasteiger charge is -2.36. The van der Waals surface area contributed by atoms with E-state index in [9.17, 15) is 0 Å².